The van der Waals surface area contributed by atoms with Crippen LogP contribution >= 0.6 is 31.9 Å². The normalized spacial score (nSPS) is 30.6. The first-order valence-corrected chi connectivity index (χ1v) is 7.27. The highest BCUT2D eigenvalue weighted by Gasteiger charge is 2.55. The lowest BCUT2D eigenvalue weighted by atomic mass is 10.8. The predicted molar refractivity (Wildman–Crippen MR) is 50.3 cm³/mol. The van der Waals surface area contributed by atoms with Crippen LogP contribution in [-0.4, -0.2) is 31.9 Å². The Kier molecular flexibility index (Phi) is 3.12. The van der Waals surface area contributed by atoms with Gasteiger partial charge in [0.25, 0.3) is 0 Å². The van der Waals surface area contributed by atoms with Gasteiger partial charge in [0, 0.05) is 0 Å². The van der Waals surface area contributed by atoms with Crippen molar-refractivity contribution < 1.29 is 25.2 Å². The molecule has 0 bridgehead atoms. The van der Waals surface area contributed by atoms with Crippen LogP contribution in [-0.2, 0) is 28.6 Å². The van der Waals surface area contributed by atoms with Gasteiger partial charge in [-0.25, -0.2) is 0 Å². The summed E-state index contributed by atoms with van der Waals surface area (Å²) >= 11 is 4.95. The van der Waals surface area contributed by atoms with Gasteiger partial charge in [-0.2, -0.15) is 16.8 Å². The highest BCUT2D eigenvalue weighted by Crippen LogP contribution is 2.41. The van der Waals surface area contributed by atoms with Crippen LogP contribution in [0.3, 0.4) is 0 Å². The van der Waals surface area contributed by atoms with E-state index in [4.69, 9.17) is 0 Å². The summed E-state index contributed by atoms with van der Waals surface area (Å²) in [6.07, 6.45) is 0. The van der Waals surface area contributed by atoms with Crippen molar-refractivity contribution in [3.05, 3.63) is 0 Å². The Hall–Kier alpha value is 0.780. The minimum Gasteiger partial charge on any atom is -0.265 e. The fourth-order valence-electron chi connectivity index (χ4n) is 0.550. The smallest absolute Gasteiger partial charge is 0.265 e. The van der Waals surface area contributed by atoms with Crippen LogP contribution in [0.2, 0.25) is 0 Å². The van der Waals surface area contributed by atoms with Crippen LogP contribution < -0.4 is 0 Å². The van der Waals surface area contributed by atoms with Gasteiger partial charge in [0.05, 0.1) is 13.2 Å². The van der Waals surface area contributed by atoms with Crippen LogP contribution in [0.5, 0.6) is 0 Å². The monoisotopic (exact) mass is 358 g/mol. The predicted octanol–water partition coefficient (Wildman–Crippen LogP) is 0.0939. The second-order valence-corrected chi connectivity index (χ2v) is 11.3. The van der Waals surface area contributed by atoms with E-state index in [0.717, 1.165) is 0 Å². The molecule has 1 saturated heterocycles. The Balaban J connectivity index is 3.36. The summed E-state index contributed by atoms with van der Waals surface area (Å²) in [4.78, 5) is 0. The van der Waals surface area contributed by atoms with Gasteiger partial charge in [0.15, 0.2) is 0 Å². The Labute approximate surface area is 92.1 Å². The second-order valence-electron chi connectivity index (χ2n) is 2.02. The molecule has 0 aromatic carbocycles. The Morgan fingerprint density at radius 1 is 0.923 bits per heavy atom. The Morgan fingerprint density at radius 2 is 1.23 bits per heavy atom. The molecule has 0 radical (unpaired) electrons. The minimum atomic E-state index is -4.28. The lowest BCUT2D eigenvalue weighted by Crippen LogP contribution is -2.34. The van der Waals surface area contributed by atoms with Gasteiger partial charge in [-0.05, 0) is 31.9 Å². The fraction of sp³-hybridized carbons (Fsp3) is 1.00. The van der Waals surface area contributed by atoms with Crippen molar-refractivity contribution in [3.8, 4) is 0 Å². The quantitative estimate of drug-likeness (QED) is 0.450. The number of halogens is 2. The fourth-order valence-corrected chi connectivity index (χ4v) is 3.81. The molecule has 0 aliphatic carbocycles. The summed E-state index contributed by atoms with van der Waals surface area (Å²) in [7, 11) is -8.57. The van der Waals surface area contributed by atoms with Gasteiger partial charge in [-0.1, -0.05) is 0 Å². The molecule has 0 unspecified atom stereocenters. The van der Waals surface area contributed by atoms with Gasteiger partial charge in [0.1, 0.15) is 0 Å². The average molecular weight is 360 g/mol. The number of hydrogen-bond donors (Lipinski definition) is 0. The van der Waals surface area contributed by atoms with Crippen LogP contribution in [0.15, 0.2) is 0 Å². The molecular formula is C3H4Br2O6S2. The molecule has 0 spiro atoms. The lowest BCUT2D eigenvalue weighted by molar-refractivity contribution is 0.237. The topological polar surface area (TPSA) is 86.7 Å². The SMILES string of the molecule is O=S1(=O)OCCOS(=O)(=O)C1(Br)Br. The lowest BCUT2D eigenvalue weighted by Gasteiger charge is -2.14. The maximum absolute atomic E-state index is 11.2. The molecule has 1 aliphatic heterocycles. The number of alkyl halides is 2. The van der Waals surface area contributed by atoms with Gasteiger partial charge in [0.2, 0.25) is 0 Å². The van der Waals surface area contributed by atoms with Crippen molar-refractivity contribution in [1.29, 1.82) is 0 Å². The van der Waals surface area contributed by atoms with Gasteiger partial charge < -0.3 is 0 Å². The summed E-state index contributed by atoms with van der Waals surface area (Å²) in [6.45, 7) is -0.666. The third-order valence-electron chi connectivity index (χ3n) is 1.14. The van der Waals surface area contributed by atoms with Crippen molar-refractivity contribution in [2.24, 2.45) is 0 Å². The average Bonchev–Trinajstić information content (AvgIpc) is 2.01. The first kappa shape index (κ1) is 11.9. The van der Waals surface area contributed by atoms with Crippen molar-refractivity contribution in [1.82, 2.24) is 0 Å². The molecule has 13 heavy (non-hydrogen) atoms. The molecule has 78 valence electrons. The van der Waals surface area contributed by atoms with Crippen LogP contribution in [0.4, 0.5) is 0 Å². The molecular weight excluding hydrogens is 356 g/mol. The summed E-state index contributed by atoms with van der Waals surface area (Å²) in [5.74, 6) is 0. The number of rotatable bonds is 0. The summed E-state index contributed by atoms with van der Waals surface area (Å²) in [6, 6.07) is 0. The van der Waals surface area contributed by atoms with Gasteiger partial charge >= 0.3 is 22.1 Å². The van der Waals surface area contributed by atoms with Crippen molar-refractivity contribution >= 4 is 52.1 Å². The van der Waals surface area contributed by atoms with Crippen LogP contribution in [0, 0.1) is 0 Å². The maximum atomic E-state index is 11.2. The van der Waals surface area contributed by atoms with E-state index in [0.29, 0.717) is 0 Å². The van der Waals surface area contributed by atoms with Gasteiger partial charge in [-0.3, -0.25) is 8.37 Å². The van der Waals surface area contributed by atoms with Crippen LogP contribution in [0.25, 0.3) is 0 Å². The first-order chi connectivity index (χ1) is 5.71. The highest BCUT2D eigenvalue weighted by atomic mass is 79.9. The van der Waals surface area contributed by atoms with Crippen LogP contribution in [0.1, 0.15) is 0 Å². The zero-order valence-electron chi connectivity index (χ0n) is 5.94. The molecule has 6 nitrogen and oxygen atoms in total. The molecule has 0 aromatic rings. The summed E-state index contributed by atoms with van der Waals surface area (Å²) < 4.78 is 50.9. The summed E-state index contributed by atoms with van der Waals surface area (Å²) in [5.41, 5.74) is 0. The third-order valence-corrected chi connectivity index (χ3v) is 9.24. The van der Waals surface area contributed by atoms with E-state index in [2.05, 4.69) is 40.2 Å². The zero-order valence-corrected chi connectivity index (χ0v) is 10.7. The molecule has 1 heterocycles. The Bertz CT molecular complexity index is 356. The molecule has 0 saturated carbocycles. The molecule has 0 amide bonds. The van der Waals surface area contributed by atoms with E-state index >= 15 is 0 Å². The third kappa shape index (κ3) is 1.92. The highest BCUT2D eigenvalue weighted by molar-refractivity contribution is 9.30. The standard InChI is InChI=1S/C3H4Br2O6S2/c4-3(5)12(6,7)10-1-2-11-13(3,8)9/h1-2H2. The maximum Gasteiger partial charge on any atom is 0.329 e. The molecule has 0 N–H and O–H groups in total. The number of hydrogen-bond acceptors (Lipinski definition) is 6. The largest absolute Gasteiger partial charge is 0.329 e. The summed E-state index contributed by atoms with van der Waals surface area (Å²) in [5, 5.41) is 0. The Morgan fingerprint density at radius 3 is 1.54 bits per heavy atom. The molecule has 0 atom stereocenters. The van der Waals surface area contributed by atoms with Crippen molar-refractivity contribution in [2.45, 2.75) is 1.90 Å². The molecule has 1 aliphatic rings. The van der Waals surface area contributed by atoms with E-state index in [-0.39, 0.29) is 13.2 Å². The van der Waals surface area contributed by atoms with E-state index in [1.165, 1.54) is 0 Å². The molecule has 1 rings (SSSR count). The van der Waals surface area contributed by atoms with E-state index < -0.39 is 22.1 Å². The van der Waals surface area contributed by atoms with Crippen molar-refractivity contribution in [3.63, 3.8) is 0 Å². The van der Waals surface area contributed by atoms with E-state index in [1.807, 2.05) is 0 Å². The molecule has 10 heteroatoms. The van der Waals surface area contributed by atoms with Gasteiger partial charge in [-0.15, -0.1) is 0 Å². The van der Waals surface area contributed by atoms with Crippen molar-refractivity contribution in [2.75, 3.05) is 13.2 Å². The van der Waals surface area contributed by atoms with E-state index in [1.54, 1.807) is 0 Å². The molecule has 1 fully saturated rings. The minimum absolute atomic E-state index is 0.333. The first-order valence-electron chi connectivity index (χ1n) is 2.86. The molecule has 0 aromatic heterocycles. The zero-order chi connectivity index (χ0) is 10.3. The van der Waals surface area contributed by atoms with E-state index in [9.17, 15) is 16.8 Å². The second kappa shape index (κ2) is 3.42.